The number of aliphatic carboxylic acids is 1. The third-order valence-electron chi connectivity index (χ3n) is 4.16. The standard InChI is InChI=1S/C16H29NO3/c1-2-7-14(12-16(19)20)17-15(18)11-6-10-13-8-4-3-5-9-13/h13-14H,2-12H2,1H3,(H,17,18)(H,19,20). The lowest BCUT2D eigenvalue weighted by atomic mass is 9.86. The largest absolute Gasteiger partial charge is 0.481 e. The first-order valence-corrected chi connectivity index (χ1v) is 8.13. The van der Waals surface area contributed by atoms with E-state index in [-0.39, 0.29) is 18.4 Å². The second-order valence-electron chi connectivity index (χ2n) is 6.05. The van der Waals surface area contributed by atoms with Crippen LogP contribution in [0.3, 0.4) is 0 Å². The quantitative estimate of drug-likeness (QED) is 0.680. The monoisotopic (exact) mass is 283 g/mol. The van der Waals surface area contributed by atoms with E-state index in [9.17, 15) is 9.59 Å². The van der Waals surface area contributed by atoms with Crippen LogP contribution in [0.15, 0.2) is 0 Å². The number of amides is 1. The van der Waals surface area contributed by atoms with Crippen molar-refractivity contribution in [2.75, 3.05) is 0 Å². The Kier molecular flexibility index (Phi) is 8.31. The fraction of sp³-hybridized carbons (Fsp3) is 0.875. The third-order valence-corrected chi connectivity index (χ3v) is 4.16. The summed E-state index contributed by atoms with van der Waals surface area (Å²) in [5, 5.41) is 11.7. The summed E-state index contributed by atoms with van der Waals surface area (Å²) < 4.78 is 0. The molecule has 20 heavy (non-hydrogen) atoms. The van der Waals surface area contributed by atoms with Gasteiger partial charge in [0.2, 0.25) is 5.91 Å². The molecule has 4 heteroatoms. The summed E-state index contributed by atoms with van der Waals surface area (Å²) in [6.07, 6.45) is 11.0. The second-order valence-corrected chi connectivity index (χ2v) is 6.05. The topological polar surface area (TPSA) is 66.4 Å². The van der Waals surface area contributed by atoms with Gasteiger partial charge in [-0.1, -0.05) is 45.4 Å². The zero-order chi connectivity index (χ0) is 14.8. The first-order valence-electron chi connectivity index (χ1n) is 8.13. The Morgan fingerprint density at radius 3 is 2.55 bits per heavy atom. The third kappa shape index (κ3) is 7.51. The zero-order valence-electron chi connectivity index (χ0n) is 12.7. The fourth-order valence-electron chi connectivity index (χ4n) is 3.11. The molecule has 116 valence electrons. The maximum absolute atomic E-state index is 11.8. The van der Waals surface area contributed by atoms with Crippen molar-refractivity contribution in [2.45, 2.75) is 83.6 Å². The van der Waals surface area contributed by atoms with Crippen molar-refractivity contribution in [3.05, 3.63) is 0 Å². The van der Waals surface area contributed by atoms with Gasteiger partial charge < -0.3 is 10.4 Å². The van der Waals surface area contributed by atoms with Gasteiger partial charge in [-0.15, -0.1) is 0 Å². The molecule has 0 aromatic heterocycles. The Hall–Kier alpha value is -1.06. The van der Waals surface area contributed by atoms with E-state index >= 15 is 0 Å². The lowest BCUT2D eigenvalue weighted by molar-refractivity contribution is -0.137. The number of hydrogen-bond acceptors (Lipinski definition) is 2. The molecular formula is C16H29NO3. The Morgan fingerprint density at radius 1 is 1.25 bits per heavy atom. The van der Waals surface area contributed by atoms with E-state index in [0.717, 1.165) is 31.6 Å². The average molecular weight is 283 g/mol. The van der Waals surface area contributed by atoms with Crippen molar-refractivity contribution in [2.24, 2.45) is 5.92 Å². The van der Waals surface area contributed by atoms with Crippen LogP contribution in [0.5, 0.6) is 0 Å². The summed E-state index contributed by atoms with van der Waals surface area (Å²) in [4.78, 5) is 22.6. The van der Waals surface area contributed by atoms with Gasteiger partial charge in [0.05, 0.1) is 6.42 Å². The minimum absolute atomic E-state index is 0.0144. The number of nitrogens with one attached hydrogen (secondary N) is 1. The molecule has 0 aliphatic heterocycles. The van der Waals surface area contributed by atoms with Crippen molar-refractivity contribution in [3.63, 3.8) is 0 Å². The number of carboxylic acid groups (broad SMARTS) is 1. The van der Waals surface area contributed by atoms with Crippen LogP contribution in [0.1, 0.15) is 77.6 Å². The van der Waals surface area contributed by atoms with Crippen LogP contribution in [0.4, 0.5) is 0 Å². The van der Waals surface area contributed by atoms with Gasteiger partial charge in [0.1, 0.15) is 0 Å². The highest BCUT2D eigenvalue weighted by atomic mass is 16.4. The van der Waals surface area contributed by atoms with Gasteiger partial charge in [-0.05, 0) is 25.2 Å². The van der Waals surface area contributed by atoms with Gasteiger partial charge in [0.25, 0.3) is 0 Å². The molecule has 0 saturated heterocycles. The van der Waals surface area contributed by atoms with E-state index in [1.165, 1.54) is 32.1 Å². The van der Waals surface area contributed by atoms with Crippen molar-refractivity contribution < 1.29 is 14.7 Å². The van der Waals surface area contributed by atoms with E-state index in [0.29, 0.717) is 6.42 Å². The number of hydrogen-bond donors (Lipinski definition) is 2. The molecule has 1 rings (SSSR count). The second kappa shape index (κ2) is 9.78. The molecule has 1 amide bonds. The summed E-state index contributed by atoms with van der Waals surface area (Å²) in [6.45, 7) is 2.00. The fourth-order valence-corrected chi connectivity index (χ4v) is 3.11. The molecule has 1 aliphatic rings. The van der Waals surface area contributed by atoms with Crippen molar-refractivity contribution in [3.8, 4) is 0 Å². The van der Waals surface area contributed by atoms with Gasteiger partial charge in [-0.2, -0.15) is 0 Å². The number of rotatable bonds is 9. The predicted octanol–water partition coefficient (Wildman–Crippen LogP) is 3.50. The van der Waals surface area contributed by atoms with Gasteiger partial charge in [-0.25, -0.2) is 0 Å². The molecule has 0 aromatic rings. The molecule has 0 spiro atoms. The SMILES string of the molecule is CCCC(CC(=O)O)NC(=O)CCCC1CCCCC1. The van der Waals surface area contributed by atoms with E-state index in [2.05, 4.69) is 5.32 Å². The molecule has 0 heterocycles. The maximum atomic E-state index is 11.8. The van der Waals surface area contributed by atoms with Crippen LogP contribution < -0.4 is 5.32 Å². The molecule has 1 fully saturated rings. The predicted molar refractivity (Wildman–Crippen MR) is 79.5 cm³/mol. The Labute approximate surface area is 122 Å². The number of carboxylic acids is 1. The van der Waals surface area contributed by atoms with E-state index in [1.807, 2.05) is 6.92 Å². The summed E-state index contributed by atoms with van der Waals surface area (Å²) in [6, 6.07) is -0.209. The van der Waals surface area contributed by atoms with Gasteiger partial charge in [-0.3, -0.25) is 9.59 Å². The van der Waals surface area contributed by atoms with E-state index in [4.69, 9.17) is 5.11 Å². The molecule has 0 bridgehead atoms. The molecule has 2 N–H and O–H groups in total. The molecule has 1 saturated carbocycles. The highest BCUT2D eigenvalue weighted by Gasteiger charge is 2.16. The molecule has 1 aliphatic carbocycles. The number of carbonyl (C=O) groups excluding carboxylic acids is 1. The first-order chi connectivity index (χ1) is 9.61. The summed E-state index contributed by atoms with van der Waals surface area (Å²) in [7, 11) is 0. The molecule has 0 radical (unpaired) electrons. The minimum Gasteiger partial charge on any atom is -0.481 e. The zero-order valence-corrected chi connectivity index (χ0v) is 12.7. The lowest BCUT2D eigenvalue weighted by Crippen LogP contribution is -2.36. The van der Waals surface area contributed by atoms with Crippen molar-refractivity contribution >= 4 is 11.9 Å². The molecule has 1 atom stereocenters. The summed E-state index contributed by atoms with van der Waals surface area (Å²) >= 11 is 0. The van der Waals surface area contributed by atoms with Gasteiger partial charge >= 0.3 is 5.97 Å². The van der Waals surface area contributed by atoms with Gasteiger partial charge in [0.15, 0.2) is 0 Å². The smallest absolute Gasteiger partial charge is 0.305 e. The van der Waals surface area contributed by atoms with Crippen LogP contribution in [0.2, 0.25) is 0 Å². The van der Waals surface area contributed by atoms with Crippen LogP contribution in [-0.2, 0) is 9.59 Å². The van der Waals surface area contributed by atoms with E-state index in [1.54, 1.807) is 0 Å². The van der Waals surface area contributed by atoms with Crippen LogP contribution in [-0.4, -0.2) is 23.0 Å². The average Bonchev–Trinajstić information content (AvgIpc) is 2.39. The summed E-state index contributed by atoms with van der Waals surface area (Å²) in [5.74, 6) is -0.0199. The molecule has 0 aromatic carbocycles. The Balaban J connectivity index is 2.18. The van der Waals surface area contributed by atoms with E-state index < -0.39 is 5.97 Å². The molecule has 1 unspecified atom stereocenters. The van der Waals surface area contributed by atoms with Crippen LogP contribution >= 0.6 is 0 Å². The molecule has 4 nitrogen and oxygen atoms in total. The highest BCUT2D eigenvalue weighted by molar-refractivity contribution is 5.77. The molecular weight excluding hydrogens is 254 g/mol. The first kappa shape index (κ1) is 17.0. The van der Waals surface area contributed by atoms with Crippen LogP contribution in [0.25, 0.3) is 0 Å². The Morgan fingerprint density at radius 2 is 1.95 bits per heavy atom. The normalized spacial score (nSPS) is 17.6. The minimum atomic E-state index is -0.842. The van der Waals surface area contributed by atoms with Crippen molar-refractivity contribution in [1.29, 1.82) is 0 Å². The highest BCUT2D eigenvalue weighted by Crippen LogP contribution is 2.27. The van der Waals surface area contributed by atoms with Crippen LogP contribution in [0, 0.1) is 5.92 Å². The lowest BCUT2D eigenvalue weighted by Gasteiger charge is -2.21. The maximum Gasteiger partial charge on any atom is 0.305 e. The van der Waals surface area contributed by atoms with Gasteiger partial charge in [0, 0.05) is 12.5 Å². The number of carbonyl (C=O) groups is 2. The Bertz CT molecular complexity index is 298. The summed E-state index contributed by atoms with van der Waals surface area (Å²) in [5.41, 5.74) is 0. The van der Waals surface area contributed by atoms with Crippen molar-refractivity contribution in [1.82, 2.24) is 5.32 Å².